The van der Waals surface area contributed by atoms with Gasteiger partial charge in [-0.1, -0.05) is 6.58 Å². The van der Waals surface area contributed by atoms with Crippen molar-refractivity contribution < 1.29 is 47.0 Å². The number of amides is 1. The highest BCUT2D eigenvalue weighted by Gasteiger charge is 2.33. The molecule has 1 aromatic carbocycles. The molecule has 0 spiro atoms. The number of halogens is 1. The Kier molecular flexibility index (Phi) is 7.83. The normalized spacial score (nSPS) is 12.9. The van der Waals surface area contributed by atoms with Crippen molar-refractivity contribution in [1.29, 1.82) is 0 Å². The number of nitrogens with zero attached hydrogens (tertiary/aromatic N) is 4. The molecule has 1 aliphatic rings. The molecule has 0 radical (unpaired) electrons. The topological polar surface area (TPSA) is 187 Å². The molecular weight excluding hydrogens is 542 g/mol. The van der Waals surface area contributed by atoms with E-state index in [0.29, 0.717) is 22.9 Å². The lowest BCUT2D eigenvalue weighted by Crippen LogP contribution is -2.39. The van der Waals surface area contributed by atoms with Gasteiger partial charge in [-0.25, -0.2) is 18.9 Å². The van der Waals surface area contributed by atoms with Crippen LogP contribution in [0.3, 0.4) is 0 Å². The second-order valence-corrected chi connectivity index (χ2v) is 8.82. The number of pyridine rings is 1. The Morgan fingerprint density at radius 1 is 1.10 bits per heavy atom. The molecule has 0 saturated heterocycles. The minimum atomic E-state index is -4.92. The summed E-state index contributed by atoms with van der Waals surface area (Å²) >= 11 is 0. The van der Waals surface area contributed by atoms with Gasteiger partial charge < -0.3 is 39.4 Å². The number of methoxy groups -OCH3 is 3. The number of carbonyl (C=O) groups is 1. The highest BCUT2D eigenvalue weighted by molar-refractivity contribution is 7.46. The minimum Gasteiger partial charge on any atom is -0.493 e. The number of aromatic nitrogens is 3. The summed E-state index contributed by atoms with van der Waals surface area (Å²) in [5, 5.41) is 5.59. The van der Waals surface area contributed by atoms with Gasteiger partial charge in [0, 0.05) is 17.8 Å². The molecule has 0 aliphatic carbocycles. The molecule has 1 aliphatic heterocycles. The third-order valence-corrected chi connectivity index (χ3v) is 5.53. The average Bonchev–Trinajstić information content (AvgIpc) is 2.90. The van der Waals surface area contributed by atoms with Gasteiger partial charge in [0.15, 0.2) is 40.5 Å². The van der Waals surface area contributed by atoms with Crippen molar-refractivity contribution >= 4 is 42.8 Å². The summed E-state index contributed by atoms with van der Waals surface area (Å²) in [4.78, 5) is 43.6. The van der Waals surface area contributed by atoms with Gasteiger partial charge in [0.25, 0.3) is 5.91 Å². The van der Waals surface area contributed by atoms with Crippen molar-refractivity contribution in [3.05, 3.63) is 48.6 Å². The molecule has 17 heteroatoms. The van der Waals surface area contributed by atoms with Crippen LogP contribution in [0.1, 0.15) is 0 Å². The number of rotatable bonds is 10. The Hall–Kier alpha value is -4.50. The van der Waals surface area contributed by atoms with Crippen LogP contribution in [0.2, 0.25) is 0 Å². The van der Waals surface area contributed by atoms with Crippen LogP contribution in [-0.2, 0) is 13.9 Å². The first-order valence-corrected chi connectivity index (χ1v) is 12.3. The van der Waals surface area contributed by atoms with Gasteiger partial charge in [-0.05, 0) is 12.1 Å². The second kappa shape index (κ2) is 11.1. The lowest BCUT2D eigenvalue weighted by Gasteiger charge is -2.28. The number of benzene rings is 1. The van der Waals surface area contributed by atoms with E-state index in [-0.39, 0.29) is 34.9 Å². The Balaban J connectivity index is 1.61. The lowest BCUT2D eigenvalue weighted by atomic mass is 10.2. The van der Waals surface area contributed by atoms with Gasteiger partial charge >= 0.3 is 7.82 Å². The summed E-state index contributed by atoms with van der Waals surface area (Å²) < 4.78 is 51.4. The fourth-order valence-electron chi connectivity index (χ4n) is 3.37. The van der Waals surface area contributed by atoms with E-state index >= 15 is 0 Å². The lowest BCUT2D eigenvalue weighted by molar-refractivity contribution is -0.118. The summed E-state index contributed by atoms with van der Waals surface area (Å²) in [5.74, 6) is -1.26. The van der Waals surface area contributed by atoms with Gasteiger partial charge in [0.1, 0.15) is 12.5 Å². The summed E-state index contributed by atoms with van der Waals surface area (Å²) in [6.45, 7) is 2.62. The van der Waals surface area contributed by atoms with E-state index in [1.807, 2.05) is 0 Å². The quantitative estimate of drug-likeness (QED) is 0.208. The van der Waals surface area contributed by atoms with Crippen LogP contribution in [0, 0.1) is 5.82 Å². The number of nitrogens with one attached hydrogen (secondary N) is 2. The smallest absolute Gasteiger partial charge is 0.471 e. The van der Waals surface area contributed by atoms with E-state index in [1.54, 1.807) is 12.1 Å². The van der Waals surface area contributed by atoms with Gasteiger partial charge in [-0.15, -0.1) is 0 Å². The zero-order valence-electron chi connectivity index (χ0n) is 20.7. The van der Waals surface area contributed by atoms with E-state index in [0.717, 1.165) is 11.1 Å². The van der Waals surface area contributed by atoms with E-state index in [1.165, 1.54) is 33.5 Å². The zero-order valence-corrected chi connectivity index (χ0v) is 21.6. The maximum absolute atomic E-state index is 14.6. The summed E-state index contributed by atoms with van der Waals surface area (Å²) in [5.41, 5.74) is 0.450. The Labute approximate surface area is 220 Å². The van der Waals surface area contributed by atoms with Crippen molar-refractivity contribution in [2.45, 2.75) is 0 Å². The van der Waals surface area contributed by atoms with Gasteiger partial charge in [0.05, 0.1) is 27.5 Å². The molecule has 0 saturated carbocycles. The van der Waals surface area contributed by atoms with Crippen LogP contribution in [0.15, 0.2) is 42.8 Å². The number of hydrogen-bond acceptors (Lipinski definition) is 12. The van der Waals surface area contributed by atoms with Crippen molar-refractivity contribution in [1.82, 2.24) is 15.0 Å². The first-order valence-electron chi connectivity index (χ1n) is 10.8. The summed E-state index contributed by atoms with van der Waals surface area (Å²) in [7, 11) is -0.543. The Bertz CT molecular complexity index is 1460. The first-order chi connectivity index (χ1) is 18.5. The van der Waals surface area contributed by atoms with Crippen molar-refractivity contribution in [2.24, 2.45) is 0 Å². The zero-order chi connectivity index (χ0) is 28.3. The molecule has 39 heavy (non-hydrogen) atoms. The monoisotopic (exact) mass is 564 g/mol. The number of fused-ring (bicyclic) bond motifs is 1. The molecule has 15 nitrogen and oxygen atoms in total. The fourth-order valence-corrected chi connectivity index (χ4v) is 3.64. The third-order valence-electron chi connectivity index (χ3n) is 5.08. The Morgan fingerprint density at radius 2 is 1.79 bits per heavy atom. The number of ether oxygens (including phenoxy) is 4. The van der Waals surface area contributed by atoms with Gasteiger partial charge in [-0.3, -0.25) is 14.2 Å². The van der Waals surface area contributed by atoms with Gasteiger partial charge in [-0.2, -0.15) is 4.98 Å². The largest absolute Gasteiger partial charge is 0.493 e. The third kappa shape index (κ3) is 6.15. The predicted molar refractivity (Wildman–Crippen MR) is 134 cm³/mol. The molecule has 0 bridgehead atoms. The fraction of sp³-hybridized carbons (Fsp3) is 0.182. The van der Waals surface area contributed by atoms with Crippen molar-refractivity contribution in [3.8, 4) is 23.0 Å². The summed E-state index contributed by atoms with van der Waals surface area (Å²) in [6, 6.07) is 6.00. The highest BCUT2D eigenvalue weighted by Crippen LogP contribution is 2.41. The molecule has 2 aromatic heterocycles. The Morgan fingerprint density at radius 3 is 2.41 bits per heavy atom. The second-order valence-electron chi connectivity index (χ2n) is 7.58. The molecule has 4 N–H and O–H groups in total. The number of carbonyl (C=O) groups excluding carboxylic acids is 1. The molecule has 1 amide bonds. The highest BCUT2D eigenvalue weighted by atomic mass is 31.2. The van der Waals surface area contributed by atoms with E-state index < -0.39 is 26.3 Å². The van der Waals surface area contributed by atoms with Crippen molar-refractivity contribution in [3.63, 3.8) is 0 Å². The van der Waals surface area contributed by atoms with E-state index in [2.05, 4.69) is 36.7 Å². The molecule has 0 fully saturated rings. The van der Waals surface area contributed by atoms with Gasteiger partial charge in [0.2, 0.25) is 11.7 Å². The van der Waals surface area contributed by atoms with Crippen LogP contribution in [-0.4, -0.2) is 58.7 Å². The molecule has 4 rings (SSSR count). The van der Waals surface area contributed by atoms with Crippen LogP contribution in [0.5, 0.6) is 23.0 Å². The van der Waals surface area contributed by atoms with E-state index in [9.17, 15) is 13.8 Å². The van der Waals surface area contributed by atoms with Crippen LogP contribution >= 0.6 is 7.82 Å². The average molecular weight is 564 g/mol. The molecule has 0 atom stereocenters. The molecule has 3 aromatic rings. The molecule has 206 valence electrons. The molecule has 0 unspecified atom stereocenters. The maximum Gasteiger partial charge on any atom is 0.471 e. The number of hydrogen-bond donors (Lipinski definition) is 4. The molecular formula is C22H22FN6O9P. The van der Waals surface area contributed by atoms with Crippen LogP contribution in [0.25, 0.3) is 0 Å². The van der Waals surface area contributed by atoms with Crippen LogP contribution in [0.4, 0.5) is 33.5 Å². The van der Waals surface area contributed by atoms with Crippen LogP contribution < -0.4 is 34.5 Å². The number of anilines is 5. The SMILES string of the molecule is C=C1Oc2ccc(Nc3nc(Nc4cc(OC)c(OC)c(OC)c4)ncc3F)nc2N(COP(=O)(O)O)C1=O. The molecule has 3 heterocycles. The number of phosphoric ester groups is 1. The summed E-state index contributed by atoms with van der Waals surface area (Å²) in [6.07, 6.45) is 0.921. The maximum atomic E-state index is 14.6. The minimum absolute atomic E-state index is 0.00221. The van der Waals surface area contributed by atoms with Crippen molar-refractivity contribution in [2.75, 3.05) is 43.6 Å². The van der Waals surface area contributed by atoms with E-state index in [4.69, 9.17) is 28.7 Å². The number of phosphoric acid groups is 1. The standard InChI is InChI=1S/C22H22FN6O9P/c1-11-21(30)29(10-37-39(31,32)33)20-14(38-11)5-6-17(27-20)26-19-13(23)9-24-22(28-19)25-12-7-15(34-2)18(36-4)16(8-12)35-3/h5-9H,1,10H2,2-4H3,(H2,31,32,33)(H2,24,25,26,27,28). The predicted octanol–water partition coefficient (Wildman–Crippen LogP) is 2.83. The first kappa shape index (κ1) is 27.5.